The standard InChI is InChI=1S/C16H22N4O3S2/c1-11(18-16(21)14-10-24-15(19-14)8-9-17)12-4-6-13(7-5-12)25(22,23)20(2)3/h4-7,10-11H,8-9,17H2,1-3H3,(H,18,21). The van der Waals surface area contributed by atoms with Crippen LogP contribution in [0.3, 0.4) is 0 Å². The van der Waals surface area contributed by atoms with Crippen LogP contribution in [0.4, 0.5) is 0 Å². The lowest BCUT2D eigenvalue weighted by atomic mass is 10.1. The van der Waals surface area contributed by atoms with Crippen molar-refractivity contribution in [3.05, 3.63) is 45.9 Å². The van der Waals surface area contributed by atoms with Crippen molar-refractivity contribution in [3.63, 3.8) is 0 Å². The van der Waals surface area contributed by atoms with Gasteiger partial charge >= 0.3 is 0 Å². The minimum absolute atomic E-state index is 0.214. The predicted molar refractivity (Wildman–Crippen MR) is 98.1 cm³/mol. The molecule has 0 radical (unpaired) electrons. The van der Waals surface area contributed by atoms with E-state index < -0.39 is 10.0 Å². The summed E-state index contributed by atoms with van der Waals surface area (Å²) in [4.78, 5) is 16.7. The molecular formula is C16H22N4O3S2. The number of nitrogens with two attached hydrogens (primary N) is 1. The molecule has 0 fully saturated rings. The molecule has 0 bridgehead atoms. The van der Waals surface area contributed by atoms with Crippen LogP contribution in [0, 0.1) is 0 Å². The van der Waals surface area contributed by atoms with E-state index in [1.54, 1.807) is 17.5 Å². The van der Waals surface area contributed by atoms with Crippen molar-refractivity contribution in [1.82, 2.24) is 14.6 Å². The summed E-state index contributed by atoms with van der Waals surface area (Å²) in [6.07, 6.45) is 0.648. The first kappa shape index (κ1) is 19.5. The first-order valence-corrected chi connectivity index (χ1v) is 10.1. The van der Waals surface area contributed by atoms with Crippen molar-refractivity contribution in [2.75, 3.05) is 20.6 Å². The van der Waals surface area contributed by atoms with Crippen LogP contribution in [0.1, 0.15) is 34.0 Å². The van der Waals surface area contributed by atoms with Gasteiger partial charge in [0.15, 0.2) is 0 Å². The van der Waals surface area contributed by atoms with Gasteiger partial charge in [-0.1, -0.05) is 12.1 Å². The zero-order chi connectivity index (χ0) is 18.6. The molecule has 2 aromatic rings. The van der Waals surface area contributed by atoms with Crippen molar-refractivity contribution >= 4 is 27.3 Å². The quantitative estimate of drug-likeness (QED) is 0.753. The van der Waals surface area contributed by atoms with E-state index >= 15 is 0 Å². The number of nitrogens with zero attached hydrogens (tertiary/aromatic N) is 2. The van der Waals surface area contributed by atoms with Crippen LogP contribution in [0.2, 0.25) is 0 Å². The Labute approximate surface area is 151 Å². The van der Waals surface area contributed by atoms with Crippen molar-refractivity contribution in [1.29, 1.82) is 0 Å². The first-order valence-electron chi connectivity index (χ1n) is 7.73. The number of benzene rings is 1. The second-order valence-corrected chi connectivity index (χ2v) is 8.81. The fourth-order valence-corrected chi connectivity index (χ4v) is 3.84. The van der Waals surface area contributed by atoms with Crippen molar-refractivity contribution < 1.29 is 13.2 Å². The van der Waals surface area contributed by atoms with E-state index in [1.807, 2.05) is 6.92 Å². The molecule has 0 saturated carbocycles. The molecule has 0 aliphatic carbocycles. The summed E-state index contributed by atoms with van der Waals surface area (Å²) < 4.78 is 25.3. The monoisotopic (exact) mass is 382 g/mol. The van der Waals surface area contributed by atoms with Gasteiger partial charge in [-0.25, -0.2) is 17.7 Å². The largest absolute Gasteiger partial charge is 0.344 e. The lowest BCUT2D eigenvalue weighted by molar-refractivity contribution is 0.0935. The fourth-order valence-electron chi connectivity index (χ4n) is 2.15. The van der Waals surface area contributed by atoms with Crippen LogP contribution in [-0.4, -0.2) is 44.3 Å². The molecule has 1 heterocycles. The summed E-state index contributed by atoms with van der Waals surface area (Å²) in [7, 11) is -0.491. The van der Waals surface area contributed by atoms with Gasteiger partial charge in [0.2, 0.25) is 10.0 Å². The molecule has 0 saturated heterocycles. The summed E-state index contributed by atoms with van der Waals surface area (Å²) in [6.45, 7) is 2.33. The average molecular weight is 383 g/mol. The fraction of sp³-hybridized carbons (Fsp3) is 0.375. The summed E-state index contributed by atoms with van der Waals surface area (Å²) in [5.74, 6) is -0.267. The minimum Gasteiger partial charge on any atom is -0.344 e. The van der Waals surface area contributed by atoms with Gasteiger partial charge in [-0.2, -0.15) is 0 Å². The van der Waals surface area contributed by atoms with Crippen LogP contribution in [0.5, 0.6) is 0 Å². The molecule has 0 aliphatic rings. The molecule has 0 spiro atoms. The molecule has 7 nitrogen and oxygen atoms in total. The molecule has 9 heteroatoms. The van der Waals surface area contributed by atoms with Gasteiger partial charge in [0.05, 0.1) is 15.9 Å². The first-order chi connectivity index (χ1) is 11.8. The predicted octanol–water partition coefficient (Wildman–Crippen LogP) is 1.39. The van der Waals surface area contributed by atoms with Crippen LogP contribution in [0.25, 0.3) is 0 Å². The smallest absolute Gasteiger partial charge is 0.271 e. The van der Waals surface area contributed by atoms with Crippen LogP contribution >= 0.6 is 11.3 Å². The molecule has 1 atom stereocenters. The molecule has 1 aromatic heterocycles. The molecule has 1 aromatic carbocycles. The molecule has 1 amide bonds. The zero-order valence-corrected chi connectivity index (χ0v) is 16.0. The number of carbonyl (C=O) groups is 1. The highest BCUT2D eigenvalue weighted by Gasteiger charge is 2.18. The van der Waals surface area contributed by atoms with Gasteiger partial charge < -0.3 is 11.1 Å². The second-order valence-electron chi connectivity index (χ2n) is 5.72. The van der Waals surface area contributed by atoms with E-state index in [0.717, 1.165) is 14.9 Å². The Hall–Kier alpha value is -1.81. The Kier molecular flexibility index (Phi) is 6.28. The number of sulfonamides is 1. The minimum atomic E-state index is -3.46. The maximum atomic E-state index is 12.3. The topological polar surface area (TPSA) is 105 Å². The number of hydrogen-bond acceptors (Lipinski definition) is 6. The van der Waals surface area contributed by atoms with Gasteiger partial charge in [-0.15, -0.1) is 11.3 Å². The number of aromatic nitrogens is 1. The van der Waals surface area contributed by atoms with Crippen LogP contribution in [0.15, 0.2) is 34.5 Å². The van der Waals surface area contributed by atoms with Crippen molar-refractivity contribution in [2.24, 2.45) is 5.73 Å². The maximum absolute atomic E-state index is 12.3. The zero-order valence-electron chi connectivity index (χ0n) is 14.4. The molecule has 25 heavy (non-hydrogen) atoms. The molecule has 3 N–H and O–H groups in total. The third kappa shape index (κ3) is 4.63. The number of hydrogen-bond donors (Lipinski definition) is 2. The van der Waals surface area contributed by atoms with E-state index in [1.165, 1.54) is 37.6 Å². The molecular weight excluding hydrogens is 360 g/mol. The van der Waals surface area contributed by atoms with Crippen molar-refractivity contribution in [3.8, 4) is 0 Å². The summed E-state index contributed by atoms with van der Waals surface area (Å²) in [5.41, 5.74) is 6.66. The van der Waals surface area contributed by atoms with Gasteiger partial charge in [-0.3, -0.25) is 4.79 Å². The second kappa shape index (κ2) is 8.05. The third-order valence-electron chi connectivity index (χ3n) is 3.65. The normalized spacial score (nSPS) is 13.0. The van der Waals surface area contributed by atoms with Gasteiger partial charge in [0.25, 0.3) is 5.91 Å². The van der Waals surface area contributed by atoms with Gasteiger partial charge in [-0.05, 0) is 31.2 Å². The molecule has 136 valence electrons. The number of rotatable bonds is 7. The Balaban J connectivity index is 2.07. The van der Waals surface area contributed by atoms with Crippen LogP contribution < -0.4 is 11.1 Å². The summed E-state index contributed by atoms with van der Waals surface area (Å²) in [5, 5.41) is 5.40. The summed E-state index contributed by atoms with van der Waals surface area (Å²) in [6, 6.07) is 6.19. The van der Waals surface area contributed by atoms with E-state index in [9.17, 15) is 13.2 Å². The lowest BCUT2D eigenvalue weighted by Crippen LogP contribution is -2.27. The molecule has 0 aliphatic heterocycles. The Morgan fingerprint density at radius 1 is 1.32 bits per heavy atom. The number of nitrogens with one attached hydrogen (secondary N) is 1. The highest BCUT2D eigenvalue weighted by molar-refractivity contribution is 7.89. The van der Waals surface area contributed by atoms with E-state index in [-0.39, 0.29) is 16.8 Å². The highest BCUT2D eigenvalue weighted by atomic mass is 32.2. The Morgan fingerprint density at radius 3 is 2.52 bits per heavy atom. The van der Waals surface area contributed by atoms with Crippen LogP contribution in [-0.2, 0) is 16.4 Å². The number of amides is 1. The molecule has 1 unspecified atom stereocenters. The van der Waals surface area contributed by atoms with Gasteiger partial charge in [0, 0.05) is 25.9 Å². The van der Waals surface area contributed by atoms with E-state index in [4.69, 9.17) is 5.73 Å². The number of thiazole rings is 1. The third-order valence-corrected chi connectivity index (χ3v) is 6.39. The number of carbonyl (C=O) groups excluding carboxylic acids is 1. The van der Waals surface area contributed by atoms with E-state index in [2.05, 4.69) is 10.3 Å². The molecule has 2 rings (SSSR count). The summed E-state index contributed by atoms with van der Waals surface area (Å²) >= 11 is 1.41. The maximum Gasteiger partial charge on any atom is 0.271 e. The Morgan fingerprint density at radius 2 is 1.96 bits per heavy atom. The average Bonchev–Trinajstić information content (AvgIpc) is 3.04. The highest BCUT2D eigenvalue weighted by Crippen LogP contribution is 2.19. The van der Waals surface area contributed by atoms with E-state index in [0.29, 0.717) is 18.7 Å². The van der Waals surface area contributed by atoms with Crippen molar-refractivity contribution in [2.45, 2.75) is 24.3 Å². The SMILES string of the molecule is CC(NC(=O)c1csc(CCN)n1)c1ccc(S(=O)(=O)N(C)C)cc1. The lowest BCUT2D eigenvalue weighted by Gasteiger charge is -2.15. The van der Waals surface area contributed by atoms with Gasteiger partial charge in [0.1, 0.15) is 5.69 Å². The Bertz CT molecular complexity index is 829.